The maximum absolute atomic E-state index is 13.7. The zero-order valence-electron chi connectivity index (χ0n) is 21.2. The summed E-state index contributed by atoms with van der Waals surface area (Å²) in [5, 5.41) is 15.7. The first kappa shape index (κ1) is 24.8. The van der Waals surface area contributed by atoms with Crippen LogP contribution in [0.4, 0.5) is 0 Å². The summed E-state index contributed by atoms with van der Waals surface area (Å²) >= 11 is 1.66. The summed E-state index contributed by atoms with van der Waals surface area (Å²) in [6, 6.07) is 24.8. The Hall–Kier alpha value is -4.54. The van der Waals surface area contributed by atoms with Gasteiger partial charge < -0.3 is 14.1 Å². The van der Waals surface area contributed by atoms with Crippen LogP contribution in [-0.4, -0.2) is 37.2 Å². The monoisotopic (exact) mass is 538 g/mol. The third-order valence-corrected chi connectivity index (χ3v) is 7.46. The molecule has 0 spiro atoms. The smallest absolute Gasteiger partial charge is 0.253 e. The van der Waals surface area contributed by atoms with E-state index in [0.29, 0.717) is 36.8 Å². The second-order valence-electron chi connectivity index (χ2n) is 9.15. The first-order chi connectivity index (χ1) is 19.2. The van der Waals surface area contributed by atoms with Gasteiger partial charge in [-0.3, -0.25) is 9.69 Å². The molecule has 0 aliphatic carbocycles. The fourth-order valence-electron chi connectivity index (χ4n) is 4.75. The van der Waals surface area contributed by atoms with Gasteiger partial charge in [-0.2, -0.15) is 0 Å². The van der Waals surface area contributed by atoms with E-state index in [1.807, 2.05) is 78.2 Å². The predicted molar refractivity (Wildman–Crippen MR) is 149 cm³/mol. The summed E-state index contributed by atoms with van der Waals surface area (Å²) in [6.07, 6.45) is 1.65. The molecule has 2 aromatic carbocycles. The van der Waals surface area contributed by atoms with E-state index < -0.39 is 6.04 Å². The van der Waals surface area contributed by atoms with Crippen LogP contribution in [0.3, 0.4) is 0 Å². The van der Waals surface area contributed by atoms with Gasteiger partial charge in [0.1, 0.15) is 17.6 Å². The maximum Gasteiger partial charge on any atom is 0.253 e. The Bertz CT molecular complexity index is 1680. The fraction of sp³-hybridized carbons (Fsp3) is 0.172. The van der Waals surface area contributed by atoms with Crippen LogP contribution in [0.1, 0.15) is 33.6 Å². The maximum atomic E-state index is 13.7. The first-order valence-electron chi connectivity index (χ1n) is 12.5. The van der Waals surface area contributed by atoms with Gasteiger partial charge in [0.25, 0.3) is 5.56 Å². The number of methoxy groups -OCH3 is 1. The molecule has 0 aliphatic heterocycles. The van der Waals surface area contributed by atoms with Crippen LogP contribution in [0.5, 0.6) is 5.75 Å². The summed E-state index contributed by atoms with van der Waals surface area (Å²) in [5.74, 6) is 2.05. The Balaban J connectivity index is 1.52. The van der Waals surface area contributed by atoms with Gasteiger partial charge in [0.05, 0.1) is 26.5 Å². The Morgan fingerprint density at radius 2 is 1.95 bits per heavy atom. The summed E-state index contributed by atoms with van der Waals surface area (Å²) in [5.41, 5.74) is 2.10. The molecule has 1 atom stereocenters. The average Bonchev–Trinajstić information content (AvgIpc) is 3.74. The summed E-state index contributed by atoms with van der Waals surface area (Å²) in [7, 11) is 1.63. The molecule has 0 amide bonds. The molecular weight excluding hydrogens is 512 g/mol. The lowest BCUT2D eigenvalue weighted by Crippen LogP contribution is -2.34. The third kappa shape index (κ3) is 5.38. The van der Waals surface area contributed by atoms with Crippen molar-refractivity contribution in [1.82, 2.24) is 30.1 Å². The largest absolute Gasteiger partial charge is 0.497 e. The number of pyridine rings is 1. The van der Waals surface area contributed by atoms with E-state index in [4.69, 9.17) is 9.15 Å². The number of thiophene rings is 1. The van der Waals surface area contributed by atoms with Gasteiger partial charge in [-0.15, -0.1) is 16.4 Å². The number of aromatic nitrogens is 5. The van der Waals surface area contributed by atoms with Crippen LogP contribution in [0, 0.1) is 0 Å². The molecule has 0 fully saturated rings. The Kier molecular flexibility index (Phi) is 7.03. The molecule has 4 aromatic heterocycles. The highest BCUT2D eigenvalue weighted by Gasteiger charge is 2.31. The zero-order chi connectivity index (χ0) is 26.6. The lowest BCUT2D eigenvalue weighted by molar-refractivity contribution is 0.181. The van der Waals surface area contributed by atoms with Crippen molar-refractivity contribution in [3.8, 4) is 5.75 Å². The van der Waals surface area contributed by atoms with Gasteiger partial charge in [-0.05, 0) is 63.8 Å². The third-order valence-electron chi connectivity index (χ3n) is 6.60. The lowest BCUT2D eigenvalue weighted by atomic mass is 10.0. The molecule has 0 saturated heterocycles. The van der Waals surface area contributed by atoms with Crippen molar-refractivity contribution in [3.63, 3.8) is 0 Å². The highest BCUT2D eigenvalue weighted by molar-refractivity contribution is 7.09. The van der Waals surface area contributed by atoms with Crippen molar-refractivity contribution in [2.45, 2.75) is 25.7 Å². The van der Waals surface area contributed by atoms with E-state index in [-0.39, 0.29) is 5.56 Å². The van der Waals surface area contributed by atoms with Crippen LogP contribution < -0.4 is 10.3 Å². The SMILES string of the molecule is COc1ccc2[nH]c(=O)c([C@@H](c3nnnn3Cc3ccccc3)N(Cc3ccco3)Cc3cccs3)cc2c1. The molecule has 0 radical (unpaired) electrons. The van der Waals surface area contributed by atoms with Crippen molar-refractivity contribution in [2.75, 3.05) is 7.11 Å². The van der Waals surface area contributed by atoms with E-state index in [0.717, 1.165) is 27.1 Å². The quantitative estimate of drug-likeness (QED) is 0.261. The van der Waals surface area contributed by atoms with Gasteiger partial charge in [0, 0.05) is 27.9 Å². The van der Waals surface area contributed by atoms with E-state index in [2.05, 4.69) is 31.5 Å². The number of tetrazole rings is 1. The van der Waals surface area contributed by atoms with Crippen LogP contribution >= 0.6 is 11.3 Å². The molecule has 39 heavy (non-hydrogen) atoms. The molecule has 0 aliphatic rings. The van der Waals surface area contributed by atoms with E-state index in [9.17, 15) is 4.79 Å². The van der Waals surface area contributed by atoms with Crippen molar-refractivity contribution < 1.29 is 9.15 Å². The number of fused-ring (bicyclic) bond motifs is 1. The number of rotatable bonds is 10. The highest BCUT2D eigenvalue weighted by Crippen LogP contribution is 2.31. The van der Waals surface area contributed by atoms with Crippen molar-refractivity contribution in [3.05, 3.63) is 128 Å². The molecule has 6 rings (SSSR count). The normalized spacial score (nSPS) is 12.3. The highest BCUT2D eigenvalue weighted by atomic mass is 32.1. The van der Waals surface area contributed by atoms with Crippen molar-refractivity contribution in [1.29, 1.82) is 0 Å². The van der Waals surface area contributed by atoms with E-state index >= 15 is 0 Å². The molecule has 196 valence electrons. The van der Waals surface area contributed by atoms with Gasteiger partial charge in [-0.1, -0.05) is 36.4 Å². The second-order valence-corrected chi connectivity index (χ2v) is 10.2. The Labute approximate surface area is 228 Å². The van der Waals surface area contributed by atoms with Gasteiger partial charge in [0.2, 0.25) is 0 Å². The topological polar surface area (TPSA) is 102 Å². The van der Waals surface area contributed by atoms with Crippen LogP contribution in [0.2, 0.25) is 0 Å². The molecule has 1 N–H and O–H groups in total. The van der Waals surface area contributed by atoms with Crippen LogP contribution in [-0.2, 0) is 19.6 Å². The number of H-pyrrole nitrogens is 1. The fourth-order valence-corrected chi connectivity index (χ4v) is 5.48. The second kappa shape index (κ2) is 11.1. The van der Waals surface area contributed by atoms with Crippen LogP contribution in [0.25, 0.3) is 10.9 Å². The average molecular weight is 539 g/mol. The van der Waals surface area contributed by atoms with E-state index in [1.165, 1.54) is 0 Å². The standard InChI is InChI=1S/C29H26N6O3S/c1-37-22-11-12-26-21(15-22)16-25(29(36)30-26)27(28-31-32-33-35(28)17-20-7-3-2-4-8-20)34(18-23-9-5-13-38-23)19-24-10-6-14-39-24/h2-16,27H,17-19H2,1H3,(H,30,36)/t27-/m0/s1. The molecule has 9 nitrogen and oxygen atoms in total. The predicted octanol–water partition coefficient (Wildman–Crippen LogP) is 5.02. The Morgan fingerprint density at radius 3 is 2.72 bits per heavy atom. The number of hydrogen-bond acceptors (Lipinski definition) is 8. The summed E-state index contributed by atoms with van der Waals surface area (Å²) < 4.78 is 13.0. The van der Waals surface area contributed by atoms with Gasteiger partial charge in [-0.25, -0.2) is 4.68 Å². The number of aromatic amines is 1. The number of nitrogens with zero attached hydrogens (tertiary/aromatic N) is 5. The number of nitrogens with one attached hydrogen (secondary N) is 1. The zero-order valence-corrected chi connectivity index (χ0v) is 22.0. The molecule has 0 unspecified atom stereocenters. The molecule has 0 bridgehead atoms. The molecule has 6 aromatic rings. The minimum absolute atomic E-state index is 0.206. The minimum atomic E-state index is -0.574. The molecular formula is C29H26N6O3S. The molecule has 10 heteroatoms. The van der Waals surface area contributed by atoms with Gasteiger partial charge in [0.15, 0.2) is 5.82 Å². The number of ether oxygens (including phenoxy) is 1. The number of furan rings is 1. The summed E-state index contributed by atoms with van der Waals surface area (Å²) in [4.78, 5) is 20.1. The van der Waals surface area contributed by atoms with Gasteiger partial charge >= 0.3 is 0 Å². The summed E-state index contributed by atoms with van der Waals surface area (Å²) in [6.45, 7) is 1.48. The molecule has 0 saturated carbocycles. The molecule has 4 heterocycles. The van der Waals surface area contributed by atoms with E-state index in [1.54, 1.807) is 29.4 Å². The number of benzene rings is 2. The van der Waals surface area contributed by atoms with Crippen molar-refractivity contribution in [2.24, 2.45) is 0 Å². The first-order valence-corrected chi connectivity index (χ1v) is 13.4. The van der Waals surface area contributed by atoms with Crippen LogP contribution in [0.15, 0.2) is 99.7 Å². The minimum Gasteiger partial charge on any atom is -0.497 e. The van der Waals surface area contributed by atoms with Crippen molar-refractivity contribution >= 4 is 22.2 Å². The lowest BCUT2D eigenvalue weighted by Gasteiger charge is -2.30. The number of hydrogen-bond donors (Lipinski definition) is 1. The Morgan fingerprint density at radius 1 is 1.05 bits per heavy atom.